The van der Waals surface area contributed by atoms with Gasteiger partial charge in [0.25, 0.3) is 0 Å². The molecule has 0 radical (unpaired) electrons. The molecule has 0 atom stereocenters. The molecular formula is C10H16N2O2. The molecule has 1 rings (SSSR count). The van der Waals surface area contributed by atoms with Crippen LogP contribution in [-0.4, -0.2) is 39.1 Å². The van der Waals surface area contributed by atoms with E-state index in [2.05, 4.69) is 4.90 Å². The molecule has 14 heavy (non-hydrogen) atoms. The van der Waals surface area contributed by atoms with Gasteiger partial charge >= 0.3 is 0 Å². The van der Waals surface area contributed by atoms with Crippen LogP contribution in [0.2, 0.25) is 0 Å². The van der Waals surface area contributed by atoms with Gasteiger partial charge in [-0.1, -0.05) is 0 Å². The third kappa shape index (κ3) is 2.42. The first-order valence-corrected chi connectivity index (χ1v) is 4.68. The fourth-order valence-electron chi connectivity index (χ4n) is 1.33. The van der Waals surface area contributed by atoms with Gasteiger partial charge in [0.05, 0.1) is 5.69 Å². The van der Waals surface area contributed by atoms with Gasteiger partial charge in [-0.15, -0.1) is 0 Å². The van der Waals surface area contributed by atoms with Crippen molar-refractivity contribution in [2.45, 2.75) is 6.42 Å². The summed E-state index contributed by atoms with van der Waals surface area (Å²) in [6.07, 6.45) is 0.988. The molecule has 0 spiro atoms. The predicted octanol–water partition coefficient (Wildman–Crippen LogP) is -0.329. The van der Waals surface area contributed by atoms with Gasteiger partial charge in [0.2, 0.25) is 10.9 Å². The van der Waals surface area contributed by atoms with E-state index in [1.807, 2.05) is 26.0 Å². The summed E-state index contributed by atoms with van der Waals surface area (Å²) in [6.45, 7) is 1.79. The van der Waals surface area contributed by atoms with E-state index < -0.39 is 0 Å². The van der Waals surface area contributed by atoms with E-state index in [0.717, 1.165) is 19.5 Å². The molecule has 4 nitrogen and oxygen atoms in total. The second-order valence-electron chi connectivity index (χ2n) is 3.80. The molecule has 0 saturated heterocycles. The van der Waals surface area contributed by atoms with Crippen LogP contribution in [-0.2, 0) is 0 Å². The van der Waals surface area contributed by atoms with Gasteiger partial charge in [-0.3, -0.25) is 9.59 Å². The summed E-state index contributed by atoms with van der Waals surface area (Å²) in [5.74, 6) is 0. The zero-order chi connectivity index (χ0) is 10.7. The average Bonchev–Trinajstić information content (AvgIpc) is 2.12. The van der Waals surface area contributed by atoms with Crippen LogP contribution in [0.3, 0.4) is 0 Å². The van der Waals surface area contributed by atoms with Crippen molar-refractivity contribution < 1.29 is 0 Å². The molecule has 78 valence electrons. The molecule has 0 fully saturated rings. The maximum Gasteiger partial charge on any atom is 0.249 e. The molecule has 0 saturated carbocycles. The van der Waals surface area contributed by atoms with Crippen LogP contribution in [0, 0.1) is 0 Å². The Morgan fingerprint density at radius 1 is 1.14 bits per heavy atom. The molecule has 0 unspecified atom stereocenters. The normalized spacial score (nSPS) is 11.1. The van der Waals surface area contributed by atoms with Crippen molar-refractivity contribution in [1.29, 1.82) is 0 Å². The summed E-state index contributed by atoms with van der Waals surface area (Å²) in [7, 11) is 5.86. The molecule has 4 heteroatoms. The van der Waals surface area contributed by atoms with Crippen LogP contribution >= 0.6 is 0 Å². The molecule has 1 aromatic rings. The first kappa shape index (κ1) is 10.9. The summed E-state index contributed by atoms with van der Waals surface area (Å²) >= 11 is 0. The van der Waals surface area contributed by atoms with E-state index in [4.69, 9.17) is 0 Å². The molecular weight excluding hydrogens is 180 g/mol. The fourth-order valence-corrected chi connectivity index (χ4v) is 1.33. The van der Waals surface area contributed by atoms with Crippen molar-refractivity contribution in [3.05, 3.63) is 26.5 Å². The molecule has 0 aliphatic carbocycles. The summed E-state index contributed by atoms with van der Waals surface area (Å²) in [5.41, 5.74) is -0.175. The van der Waals surface area contributed by atoms with Gasteiger partial charge in [0, 0.05) is 19.7 Å². The number of anilines is 1. The number of hydrogen-bond donors (Lipinski definition) is 0. The van der Waals surface area contributed by atoms with Gasteiger partial charge < -0.3 is 9.80 Å². The number of rotatable bonds is 5. The SMILES string of the molecule is CN(C)CCCN(C)c1cc(=O)c1=O. The van der Waals surface area contributed by atoms with Crippen LogP contribution in [0.5, 0.6) is 0 Å². The first-order valence-electron chi connectivity index (χ1n) is 4.68. The molecule has 0 amide bonds. The highest BCUT2D eigenvalue weighted by Gasteiger charge is 2.12. The zero-order valence-corrected chi connectivity index (χ0v) is 8.91. The minimum absolute atomic E-state index is 0.350. The lowest BCUT2D eigenvalue weighted by molar-refractivity contribution is 0.401. The van der Waals surface area contributed by atoms with Gasteiger partial charge in [0.1, 0.15) is 0 Å². The monoisotopic (exact) mass is 196 g/mol. The maximum atomic E-state index is 11.0. The second-order valence-corrected chi connectivity index (χ2v) is 3.80. The van der Waals surface area contributed by atoms with E-state index >= 15 is 0 Å². The largest absolute Gasteiger partial charge is 0.371 e. The van der Waals surface area contributed by atoms with Crippen LogP contribution < -0.4 is 15.8 Å². The Morgan fingerprint density at radius 3 is 2.21 bits per heavy atom. The zero-order valence-electron chi connectivity index (χ0n) is 8.91. The molecule has 0 aliphatic rings. The number of nitrogens with zero attached hydrogens (tertiary/aromatic N) is 2. The van der Waals surface area contributed by atoms with E-state index in [9.17, 15) is 9.59 Å². The third-order valence-electron chi connectivity index (χ3n) is 2.23. The van der Waals surface area contributed by atoms with Crippen LogP contribution in [0.15, 0.2) is 15.7 Å². The van der Waals surface area contributed by atoms with E-state index in [-0.39, 0.29) is 10.9 Å². The maximum absolute atomic E-state index is 11.0. The summed E-state index contributed by atoms with van der Waals surface area (Å²) in [4.78, 5) is 25.6. The Bertz CT molecular complexity index is 364. The van der Waals surface area contributed by atoms with Crippen molar-refractivity contribution in [1.82, 2.24) is 4.90 Å². The van der Waals surface area contributed by atoms with Gasteiger partial charge in [0.15, 0.2) is 0 Å². The van der Waals surface area contributed by atoms with Gasteiger partial charge in [-0.25, -0.2) is 0 Å². The predicted molar refractivity (Wildman–Crippen MR) is 57.8 cm³/mol. The Balaban J connectivity index is 2.38. The molecule has 0 N–H and O–H groups in total. The fraction of sp³-hybridized carbons (Fsp3) is 0.600. The summed E-state index contributed by atoms with van der Waals surface area (Å²) in [6, 6.07) is 1.40. The van der Waals surface area contributed by atoms with Crippen molar-refractivity contribution in [2.75, 3.05) is 39.1 Å². The standard InChI is InChI=1S/C10H16N2O2/c1-11(2)5-4-6-12(3)8-7-9(13)10(8)14/h7H,4-6H2,1-3H3. The lowest BCUT2D eigenvalue weighted by Gasteiger charge is -2.20. The highest BCUT2D eigenvalue weighted by molar-refractivity contribution is 5.49. The lowest BCUT2D eigenvalue weighted by Crippen LogP contribution is -2.38. The Labute approximate surface area is 83.4 Å². The van der Waals surface area contributed by atoms with Crippen molar-refractivity contribution in [3.8, 4) is 0 Å². The number of hydrogen-bond acceptors (Lipinski definition) is 4. The lowest BCUT2D eigenvalue weighted by atomic mass is 10.2. The third-order valence-corrected chi connectivity index (χ3v) is 2.23. The Hall–Kier alpha value is -1.16. The van der Waals surface area contributed by atoms with Gasteiger partial charge in [-0.05, 0) is 27.1 Å². The quantitative estimate of drug-likeness (QED) is 0.605. The van der Waals surface area contributed by atoms with E-state index in [0.29, 0.717) is 5.69 Å². The van der Waals surface area contributed by atoms with Crippen molar-refractivity contribution in [2.24, 2.45) is 0 Å². The second kappa shape index (κ2) is 4.37. The van der Waals surface area contributed by atoms with E-state index in [1.54, 1.807) is 0 Å². The highest BCUT2D eigenvalue weighted by Crippen LogP contribution is 2.03. The summed E-state index contributed by atoms with van der Waals surface area (Å²) < 4.78 is 0. The van der Waals surface area contributed by atoms with Crippen molar-refractivity contribution in [3.63, 3.8) is 0 Å². The topological polar surface area (TPSA) is 40.6 Å². The molecule has 0 heterocycles. The van der Waals surface area contributed by atoms with Crippen LogP contribution in [0.1, 0.15) is 6.42 Å². The molecule has 0 aromatic heterocycles. The average molecular weight is 196 g/mol. The van der Waals surface area contributed by atoms with Crippen molar-refractivity contribution >= 4 is 5.69 Å². The molecule has 0 bridgehead atoms. The minimum atomic E-state index is -0.376. The van der Waals surface area contributed by atoms with Crippen LogP contribution in [0.25, 0.3) is 0 Å². The highest BCUT2D eigenvalue weighted by atomic mass is 16.2. The minimum Gasteiger partial charge on any atom is -0.371 e. The Morgan fingerprint density at radius 2 is 1.79 bits per heavy atom. The smallest absolute Gasteiger partial charge is 0.249 e. The molecule has 1 aromatic carbocycles. The first-order chi connectivity index (χ1) is 6.52. The Kier molecular flexibility index (Phi) is 3.41. The van der Waals surface area contributed by atoms with Crippen LogP contribution in [0.4, 0.5) is 5.69 Å². The van der Waals surface area contributed by atoms with E-state index in [1.165, 1.54) is 6.07 Å². The summed E-state index contributed by atoms with van der Waals surface area (Å²) in [5, 5.41) is 0. The van der Waals surface area contributed by atoms with Gasteiger partial charge in [-0.2, -0.15) is 0 Å². The molecule has 0 aliphatic heterocycles.